The molecule has 1 unspecified atom stereocenters. The van der Waals surface area contributed by atoms with E-state index in [1.54, 1.807) is 0 Å². The second-order valence-corrected chi connectivity index (χ2v) is 6.87. The highest BCUT2D eigenvalue weighted by Gasteiger charge is 2.54. The average molecular weight is 483 g/mol. The summed E-state index contributed by atoms with van der Waals surface area (Å²) in [5.74, 6) is -18.0. The van der Waals surface area contributed by atoms with E-state index in [-0.39, 0.29) is 23.8 Å². The van der Waals surface area contributed by atoms with Gasteiger partial charge < -0.3 is 9.47 Å². The maximum Gasteiger partial charge on any atom is 0.483 e. The lowest BCUT2D eigenvalue weighted by Gasteiger charge is -2.37. The molecule has 0 saturated carbocycles. The van der Waals surface area contributed by atoms with Crippen LogP contribution in [-0.2, 0) is 14.3 Å². The summed E-state index contributed by atoms with van der Waals surface area (Å²) in [6, 6.07) is -1.14. The van der Waals surface area contributed by atoms with Crippen LogP contribution in [0.3, 0.4) is 0 Å². The number of alkyl halides is 2. The minimum Gasteiger partial charge on any atom is -0.467 e. The van der Waals surface area contributed by atoms with Gasteiger partial charge in [0.15, 0.2) is 29.0 Å². The van der Waals surface area contributed by atoms with Crippen molar-refractivity contribution in [3.63, 3.8) is 0 Å². The van der Waals surface area contributed by atoms with Crippen molar-refractivity contribution >= 4 is 17.6 Å². The first-order valence-corrected chi connectivity index (χ1v) is 9.20. The number of methoxy groups -OCH3 is 1. The maximum absolute atomic E-state index is 14.6. The molecule has 0 N–H and O–H groups in total. The van der Waals surface area contributed by atoms with Gasteiger partial charge in [0, 0.05) is 11.6 Å². The number of esters is 1. The third-order valence-electron chi connectivity index (χ3n) is 4.84. The Kier molecular flexibility index (Phi) is 6.27. The summed E-state index contributed by atoms with van der Waals surface area (Å²) in [6.45, 7) is 1.53. The lowest BCUT2D eigenvalue weighted by molar-refractivity contribution is -0.194. The zero-order valence-corrected chi connectivity index (χ0v) is 16.8. The minimum absolute atomic E-state index is 0.164. The van der Waals surface area contributed by atoms with Gasteiger partial charge in [0.1, 0.15) is 11.9 Å². The highest BCUT2D eigenvalue weighted by atomic mass is 19.3. The van der Waals surface area contributed by atoms with Gasteiger partial charge in [-0.1, -0.05) is 13.3 Å². The molecule has 0 saturated heterocycles. The molecule has 1 aliphatic heterocycles. The fourth-order valence-electron chi connectivity index (χ4n) is 3.35. The van der Waals surface area contributed by atoms with Gasteiger partial charge in [0.25, 0.3) is 0 Å². The first-order valence-electron chi connectivity index (χ1n) is 9.20. The number of carbonyl (C=O) groups is 2. The summed E-state index contributed by atoms with van der Waals surface area (Å²) in [7, 11) is 0.903. The molecule has 0 aromatic heterocycles. The van der Waals surface area contributed by atoms with Crippen molar-refractivity contribution in [1.82, 2.24) is 0 Å². The molecule has 1 amide bonds. The van der Waals surface area contributed by atoms with Gasteiger partial charge in [-0.3, -0.25) is 9.69 Å². The van der Waals surface area contributed by atoms with Gasteiger partial charge in [-0.05, 0) is 12.5 Å². The largest absolute Gasteiger partial charge is 0.483 e. The molecule has 2 aromatic carbocycles. The van der Waals surface area contributed by atoms with Crippen LogP contribution in [0.4, 0.5) is 40.8 Å². The van der Waals surface area contributed by atoms with Gasteiger partial charge in [0.2, 0.25) is 5.82 Å². The van der Waals surface area contributed by atoms with E-state index in [0.717, 1.165) is 7.11 Å². The molecule has 0 radical (unpaired) electrons. The summed E-state index contributed by atoms with van der Waals surface area (Å²) < 4.78 is 121. The molecule has 0 spiro atoms. The Balaban J connectivity index is 2.34. The number of carbonyl (C=O) groups excluding carboxylic acids is 2. The van der Waals surface area contributed by atoms with Crippen LogP contribution in [-0.4, -0.2) is 31.1 Å². The van der Waals surface area contributed by atoms with E-state index in [1.165, 1.54) is 6.92 Å². The zero-order chi connectivity index (χ0) is 24.8. The monoisotopic (exact) mass is 483 g/mol. The number of benzene rings is 2. The van der Waals surface area contributed by atoms with Crippen LogP contribution in [0, 0.1) is 34.9 Å². The van der Waals surface area contributed by atoms with Gasteiger partial charge in [-0.15, -0.1) is 0 Å². The summed E-state index contributed by atoms with van der Waals surface area (Å²) in [6.07, 6.45) is -4.63. The number of fused-ring (bicyclic) bond motifs is 1. The van der Waals surface area contributed by atoms with E-state index in [0.29, 0.717) is 6.07 Å². The van der Waals surface area contributed by atoms with Crippen LogP contribution in [0.1, 0.15) is 19.8 Å². The first kappa shape index (κ1) is 24.3. The third-order valence-corrected chi connectivity index (χ3v) is 4.84. The topological polar surface area (TPSA) is 55.8 Å². The van der Waals surface area contributed by atoms with Crippen molar-refractivity contribution < 1.29 is 54.2 Å². The molecule has 0 fully saturated rings. The lowest BCUT2D eigenvalue weighted by atomic mass is 9.99. The van der Waals surface area contributed by atoms with E-state index in [9.17, 15) is 44.7 Å². The van der Waals surface area contributed by atoms with Gasteiger partial charge in [-0.25, -0.2) is 31.1 Å². The highest BCUT2D eigenvalue weighted by Crippen LogP contribution is 2.45. The summed E-state index contributed by atoms with van der Waals surface area (Å²) in [5, 5.41) is 0. The molecule has 0 bridgehead atoms. The van der Waals surface area contributed by atoms with Crippen molar-refractivity contribution in [1.29, 1.82) is 0 Å². The zero-order valence-electron chi connectivity index (χ0n) is 16.8. The highest BCUT2D eigenvalue weighted by molar-refractivity contribution is 6.05. The minimum atomic E-state index is -4.56. The Morgan fingerprint density at radius 3 is 2.09 bits per heavy atom. The number of amides is 1. The quantitative estimate of drug-likeness (QED) is 0.264. The molecule has 0 aliphatic carbocycles. The van der Waals surface area contributed by atoms with E-state index in [4.69, 9.17) is 0 Å². The number of hydrogen-bond acceptors (Lipinski definition) is 4. The van der Waals surface area contributed by atoms with Gasteiger partial charge in [0.05, 0.1) is 18.4 Å². The van der Waals surface area contributed by atoms with Crippen LogP contribution in [0.25, 0.3) is 11.1 Å². The molecule has 1 atom stereocenters. The van der Waals surface area contributed by atoms with Gasteiger partial charge >= 0.3 is 18.0 Å². The van der Waals surface area contributed by atoms with E-state index < -0.39 is 81.5 Å². The van der Waals surface area contributed by atoms with E-state index in [1.807, 2.05) is 0 Å². The Labute approximate surface area is 180 Å². The van der Waals surface area contributed by atoms with Crippen molar-refractivity contribution in [2.24, 2.45) is 0 Å². The van der Waals surface area contributed by atoms with Crippen LogP contribution in [0.5, 0.6) is 5.75 Å². The Hall–Kier alpha value is -3.38. The SMILES string of the molecule is CCCC(C(=O)OC)N1C(=O)C(F)(F)Oc2cc(F)c(-c3c(F)c(F)c(F)c(F)c3F)cc21. The van der Waals surface area contributed by atoms with Crippen molar-refractivity contribution in [3.05, 3.63) is 47.0 Å². The number of halogens is 8. The molecule has 1 heterocycles. The Morgan fingerprint density at radius 1 is 1.03 bits per heavy atom. The number of nitrogens with zero attached hydrogens (tertiary/aromatic N) is 1. The van der Waals surface area contributed by atoms with Crippen molar-refractivity contribution in [2.45, 2.75) is 31.9 Å². The van der Waals surface area contributed by atoms with E-state index in [2.05, 4.69) is 9.47 Å². The number of ether oxygens (including phenoxy) is 2. The van der Waals surface area contributed by atoms with Crippen LogP contribution in [0.15, 0.2) is 12.1 Å². The molecular formula is C20H13F8NO4. The van der Waals surface area contributed by atoms with Crippen LogP contribution in [0.2, 0.25) is 0 Å². The molecular weight excluding hydrogens is 470 g/mol. The smallest absolute Gasteiger partial charge is 0.467 e. The van der Waals surface area contributed by atoms with E-state index >= 15 is 0 Å². The number of rotatable bonds is 5. The molecule has 178 valence electrons. The Morgan fingerprint density at radius 2 is 1.58 bits per heavy atom. The summed E-state index contributed by atoms with van der Waals surface area (Å²) in [4.78, 5) is 24.8. The molecule has 33 heavy (non-hydrogen) atoms. The Bertz CT molecular complexity index is 1120. The molecule has 5 nitrogen and oxygen atoms in total. The number of anilines is 1. The second-order valence-electron chi connectivity index (χ2n) is 6.87. The molecule has 2 aromatic rings. The van der Waals surface area contributed by atoms with Crippen LogP contribution >= 0.6 is 0 Å². The van der Waals surface area contributed by atoms with Crippen molar-refractivity contribution in [2.75, 3.05) is 12.0 Å². The fraction of sp³-hybridized carbons (Fsp3) is 0.300. The maximum atomic E-state index is 14.6. The normalized spacial score (nSPS) is 15.7. The fourth-order valence-corrected chi connectivity index (χ4v) is 3.35. The van der Waals surface area contributed by atoms with Crippen molar-refractivity contribution in [3.8, 4) is 16.9 Å². The molecule has 1 aliphatic rings. The molecule has 13 heteroatoms. The molecule has 3 rings (SSSR count). The predicted molar refractivity (Wildman–Crippen MR) is 95.4 cm³/mol. The summed E-state index contributed by atoms with van der Waals surface area (Å²) in [5.41, 5.74) is -3.73. The predicted octanol–water partition coefficient (Wildman–Crippen LogP) is 4.85. The summed E-state index contributed by atoms with van der Waals surface area (Å²) >= 11 is 0. The second kappa shape index (κ2) is 8.52. The first-order chi connectivity index (χ1) is 15.4. The van der Waals surface area contributed by atoms with Crippen LogP contribution < -0.4 is 9.64 Å². The standard InChI is InChI=1S/C20H13F8NO4/c1-3-4-9(18(30)32-2)29-10-5-7(8(21)6-11(10)33-20(27,28)19(29)31)12-13(22)15(24)17(26)16(25)14(12)23/h5-6,9H,3-4H2,1-2H3. The number of hydrogen-bond donors (Lipinski definition) is 0. The average Bonchev–Trinajstić information content (AvgIpc) is 2.76. The third kappa shape index (κ3) is 3.85. The van der Waals surface area contributed by atoms with Gasteiger partial charge in [-0.2, -0.15) is 8.78 Å². The lowest BCUT2D eigenvalue weighted by Crippen LogP contribution is -2.57.